The number of rotatable bonds is 6. The first kappa shape index (κ1) is 16.2. The first-order valence-electron chi connectivity index (χ1n) is 7.90. The smallest absolute Gasteiger partial charge is 0.226 e. The summed E-state index contributed by atoms with van der Waals surface area (Å²) in [6.07, 6.45) is 5.77. The second-order valence-electron chi connectivity index (χ2n) is 6.04. The van der Waals surface area contributed by atoms with E-state index < -0.39 is 5.82 Å². The Morgan fingerprint density at radius 3 is 2.83 bits per heavy atom. The molecule has 6 nitrogen and oxygen atoms in total. The fraction of sp³-hybridized carbons (Fsp3) is 0.353. The molecule has 0 saturated heterocycles. The molecule has 2 N–H and O–H groups in total. The van der Waals surface area contributed by atoms with Crippen molar-refractivity contribution in [2.45, 2.75) is 19.8 Å². The molecule has 0 radical (unpaired) electrons. The third-order valence-corrected chi connectivity index (χ3v) is 4.11. The zero-order chi connectivity index (χ0) is 17.1. The highest BCUT2D eigenvalue weighted by Crippen LogP contribution is 2.37. The molecular formula is C17H19FN4O2. The predicted molar refractivity (Wildman–Crippen MR) is 87.0 cm³/mol. The minimum absolute atomic E-state index is 0.00558. The molecule has 2 aromatic rings. The van der Waals surface area contributed by atoms with Crippen LogP contribution in [-0.2, 0) is 9.59 Å². The van der Waals surface area contributed by atoms with E-state index in [1.807, 2.05) is 6.92 Å². The lowest BCUT2D eigenvalue weighted by Crippen LogP contribution is -2.29. The van der Waals surface area contributed by atoms with Crippen molar-refractivity contribution in [2.75, 3.05) is 11.9 Å². The number of nitrogens with zero attached hydrogens (tertiary/aromatic N) is 2. The van der Waals surface area contributed by atoms with Gasteiger partial charge in [0, 0.05) is 37.0 Å². The maximum atomic E-state index is 14.1. The van der Waals surface area contributed by atoms with E-state index in [4.69, 9.17) is 0 Å². The molecule has 1 aliphatic carbocycles. The van der Waals surface area contributed by atoms with Crippen LogP contribution in [-0.4, -0.2) is 27.9 Å². The normalized spacial score (nSPS) is 18.9. The van der Waals surface area contributed by atoms with Crippen molar-refractivity contribution < 1.29 is 14.0 Å². The van der Waals surface area contributed by atoms with Crippen LogP contribution in [0.15, 0.2) is 36.9 Å². The number of hydrogen-bond acceptors (Lipinski definition) is 3. The molecule has 1 aromatic heterocycles. The number of aromatic nitrogens is 2. The average Bonchev–Trinajstić information content (AvgIpc) is 3.05. The number of nitrogens with one attached hydrogen (secondary N) is 2. The number of imidazole rings is 1. The van der Waals surface area contributed by atoms with Crippen LogP contribution in [0.4, 0.5) is 10.1 Å². The van der Waals surface area contributed by atoms with E-state index in [1.165, 1.54) is 12.4 Å². The van der Waals surface area contributed by atoms with Gasteiger partial charge in [-0.05, 0) is 30.5 Å². The van der Waals surface area contributed by atoms with Crippen molar-refractivity contribution in [3.63, 3.8) is 0 Å². The Labute approximate surface area is 139 Å². The number of benzene rings is 1. The van der Waals surface area contributed by atoms with Crippen molar-refractivity contribution in [3.8, 4) is 5.69 Å². The van der Waals surface area contributed by atoms with Crippen LogP contribution in [0.5, 0.6) is 0 Å². The van der Waals surface area contributed by atoms with Gasteiger partial charge < -0.3 is 15.2 Å². The molecule has 2 atom stereocenters. The maximum absolute atomic E-state index is 14.1. The Kier molecular flexibility index (Phi) is 4.59. The highest BCUT2D eigenvalue weighted by molar-refractivity contribution is 5.91. The standard InChI is InChI=1S/C17H19FN4O2/c1-11-8-13(11)17(24)20-5-4-16(23)21-12-2-3-15(14(18)9-12)22-7-6-19-10-22/h2-3,6-7,9-11,13H,4-5,8H2,1H3,(H,20,24)(H,21,23)/t11-,13-/m0/s1. The van der Waals surface area contributed by atoms with Crippen molar-refractivity contribution >= 4 is 17.5 Å². The lowest BCUT2D eigenvalue weighted by atomic mass is 10.2. The van der Waals surface area contributed by atoms with Gasteiger partial charge in [-0.1, -0.05) is 6.92 Å². The largest absolute Gasteiger partial charge is 0.355 e. The molecule has 1 fully saturated rings. The summed E-state index contributed by atoms with van der Waals surface area (Å²) in [5.41, 5.74) is 0.736. The van der Waals surface area contributed by atoms with Crippen LogP contribution in [0.25, 0.3) is 5.69 Å². The van der Waals surface area contributed by atoms with Crippen LogP contribution in [0.3, 0.4) is 0 Å². The number of amides is 2. The lowest BCUT2D eigenvalue weighted by Gasteiger charge is -2.09. The van der Waals surface area contributed by atoms with Gasteiger partial charge in [-0.3, -0.25) is 9.59 Å². The summed E-state index contributed by atoms with van der Waals surface area (Å²) in [5, 5.41) is 5.37. The fourth-order valence-electron chi connectivity index (χ4n) is 2.54. The zero-order valence-electron chi connectivity index (χ0n) is 13.3. The van der Waals surface area contributed by atoms with Gasteiger partial charge in [0.05, 0.1) is 12.0 Å². The molecule has 1 aliphatic rings. The van der Waals surface area contributed by atoms with Crippen molar-refractivity contribution in [1.82, 2.24) is 14.9 Å². The van der Waals surface area contributed by atoms with Gasteiger partial charge in [-0.25, -0.2) is 9.37 Å². The molecule has 2 amide bonds. The average molecular weight is 330 g/mol. The van der Waals surface area contributed by atoms with E-state index in [2.05, 4.69) is 15.6 Å². The van der Waals surface area contributed by atoms with Crippen LogP contribution >= 0.6 is 0 Å². The molecule has 1 heterocycles. The van der Waals surface area contributed by atoms with Crippen LogP contribution in [0.1, 0.15) is 19.8 Å². The first-order valence-corrected chi connectivity index (χ1v) is 7.90. The number of anilines is 1. The third kappa shape index (κ3) is 3.79. The molecular weight excluding hydrogens is 311 g/mol. The van der Waals surface area contributed by atoms with Gasteiger partial charge in [0.15, 0.2) is 0 Å². The van der Waals surface area contributed by atoms with Crippen LogP contribution in [0, 0.1) is 17.7 Å². The first-order chi connectivity index (χ1) is 11.5. The highest BCUT2D eigenvalue weighted by atomic mass is 19.1. The Morgan fingerprint density at radius 2 is 2.21 bits per heavy atom. The van der Waals surface area contributed by atoms with Gasteiger partial charge in [0.1, 0.15) is 5.82 Å². The Bertz CT molecular complexity index is 745. The van der Waals surface area contributed by atoms with Gasteiger partial charge >= 0.3 is 0 Å². The number of carbonyl (C=O) groups excluding carboxylic acids is 2. The summed E-state index contributed by atoms with van der Waals surface area (Å²) in [6.45, 7) is 2.31. The van der Waals surface area contributed by atoms with E-state index in [1.54, 1.807) is 29.1 Å². The Hall–Kier alpha value is -2.70. The van der Waals surface area contributed by atoms with Crippen molar-refractivity contribution in [3.05, 3.63) is 42.7 Å². The minimum atomic E-state index is -0.457. The van der Waals surface area contributed by atoms with E-state index in [-0.39, 0.29) is 30.7 Å². The molecule has 126 valence electrons. The highest BCUT2D eigenvalue weighted by Gasteiger charge is 2.38. The summed E-state index contributed by atoms with van der Waals surface area (Å²) in [5.74, 6) is -0.185. The Morgan fingerprint density at radius 1 is 1.42 bits per heavy atom. The molecule has 0 unspecified atom stereocenters. The topological polar surface area (TPSA) is 76.0 Å². The fourth-order valence-corrected chi connectivity index (χ4v) is 2.54. The van der Waals surface area contributed by atoms with Gasteiger partial charge in [0.25, 0.3) is 0 Å². The molecule has 1 aromatic carbocycles. The summed E-state index contributed by atoms with van der Waals surface area (Å²) in [4.78, 5) is 27.4. The van der Waals surface area contributed by atoms with Gasteiger partial charge in [-0.2, -0.15) is 0 Å². The molecule has 0 aliphatic heterocycles. The molecule has 7 heteroatoms. The second-order valence-corrected chi connectivity index (χ2v) is 6.04. The monoisotopic (exact) mass is 330 g/mol. The summed E-state index contributed by atoms with van der Waals surface area (Å²) in [7, 11) is 0. The third-order valence-electron chi connectivity index (χ3n) is 4.11. The summed E-state index contributed by atoms with van der Waals surface area (Å²) < 4.78 is 15.6. The Balaban J connectivity index is 1.49. The van der Waals surface area contributed by atoms with Crippen molar-refractivity contribution in [1.29, 1.82) is 0 Å². The van der Waals surface area contributed by atoms with Gasteiger partial charge in [-0.15, -0.1) is 0 Å². The SMILES string of the molecule is C[C@H]1C[C@@H]1C(=O)NCCC(=O)Nc1ccc(-n2ccnc2)c(F)c1. The number of halogens is 1. The van der Waals surface area contributed by atoms with E-state index >= 15 is 0 Å². The molecule has 0 spiro atoms. The number of hydrogen-bond donors (Lipinski definition) is 2. The maximum Gasteiger partial charge on any atom is 0.226 e. The quantitative estimate of drug-likeness (QED) is 0.852. The predicted octanol–water partition coefficient (Wildman–Crippen LogP) is 2.11. The lowest BCUT2D eigenvalue weighted by molar-refractivity contribution is -0.122. The van der Waals surface area contributed by atoms with Crippen LogP contribution in [0.2, 0.25) is 0 Å². The van der Waals surface area contributed by atoms with Crippen molar-refractivity contribution in [2.24, 2.45) is 11.8 Å². The summed E-state index contributed by atoms with van der Waals surface area (Å²) in [6, 6.07) is 4.46. The molecule has 1 saturated carbocycles. The van der Waals surface area contributed by atoms with Crippen LogP contribution < -0.4 is 10.6 Å². The van der Waals surface area contributed by atoms with Gasteiger partial charge in [0.2, 0.25) is 11.8 Å². The van der Waals surface area contributed by atoms with E-state index in [0.717, 1.165) is 6.42 Å². The molecule has 3 rings (SSSR count). The minimum Gasteiger partial charge on any atom is -0.355 e. The van der Waals surface area contributed by atoms with E-state index in [0.29, 0.717) is 17.3 Å². The number of carbonyl (C=O) groups is 2. The second kappa shape index (κ2) is 6.82. The summed E-state index contributed by atoms with van der Waals surface area (Å²) >= 11 is 0. The molecule has 24 heavy (non-hydrogen) atoms. The zero-order valence-corrected chi connectivity index (χ0v) is 13.3. The molecule has 0 bridgehead atoms. The van der Waals surface area contributed by atoms with E-state index in [9.17, 15) is 14.0 Å².